The number of carbonyl (C=O) groups excluding carboxylic acids is 3. The molecule has 0 bridgehead atoms. The topological polar surface area (TPSA) is 92.5 Å². The Morgan fingerprint density at radius 2 is 2.00 bits per heavy atom. The van der Waals surface area contributed by atoms with Gasteiger partial charge in [-0.15, -0.1) is 0 Å². The van der Waals surface area contributed by atoms with Gasteiger partial charge >= 0.3 is 0 Å². The van der Waals surface area contributed by atoms with Crippen molar-refractivity contribution in [2.45, 2.75) is 26.3 Å². The highest BCUT2D eigenvalue weighted by Crippen LogP contribution is 2.22. The number of aryl methyl sites for hydroxylation is 1. The molecule has 1 aromatic rings. The van der Waals surface area contributed by atoms with Crippen LogP contribution in [0.1, 0.15) is 29.8 Å². The maximum Gasteiger partial charge on any atom is 0.255 e. The zero-order chi connectivity index (χ0) is 15.1. The third-order valence-electron chi connectivity index (χ3n) is 3.55. The van der Waals surface area contributed by atoms with E-state index < -0.39 is 17.4 Å². The number of amides is 3. The Labute approximate surface area is 116 Å². The van der Waals surface area contributed by atoms with E-state index in [0.717, 1.165) is 5.56 Å². The van der Waals surface area contributed by atoms with Gasteiger partial charge in [0.1, 0.15) is 12.1 Å². The van der Waals surface area contributed by atoms with Gasteiger partial charge in [0.05, 0.1) is 0 Å². The van der Waals surface area contributed by atoms with Crippen LogP contribution < -0.4 is 11.1 Å². The standard InChI is InChI=1S/C14H17N3O3/c1-8-6-9(4-5-10(8)15)12(19)17-7-11(18)16-13(20)14(17,2)3/h4-6H,7,15H2,1-3H3,(H,16,18,20). The van der Waals surface area contributed by atoms with Gasteiger partial charge in [-0.3, -0.25) is 19.7 Å². The minimum absolute atomic E-state index is 0.138. The summed E-state index contributed by atoms with van der Waals surface area (Å²) >= 11 is 0. The quantitative estimate of drug-likeness (QED) is 0.575. The SMILES string of the molecule is Cc1cc(C(=O)N2CC(=O)NC(=O)C2(C)C)ccc1N. The van der Waals surface area contributed by atoms with E-state index in [4.69, 9.17) is 5.73 Å². The summed E-state index contributed by atoms with van der Waals surface area (Å²) in [7, 11) is 0. The second kappa shape index (κ2) is 4.63. The summed E-state index contributed by atoms with van der Waals surface area (Å²) in [6.07, 6.45) is 0. The maximum absolute atomic E-state index is 12.5. The molecule has 0 radical (unpaired) electrons. The zero-order valence-electron chi connectivity index (χ0n) is 11.7. The first-order valence-corrected chi connectivity index (χ1v) is 6.26. The van der Waals surface area contributed by atoms with Crippen molar-refractivity contribution in [3.63, 3.8) is 0 Å². The molecule has 1 fully saturated rings. The molecule has 0 atom stereocenters. The van der Waals surface area contributed by atoms with Crippen molar-refractivity contribution in [2.24, 2.45) is 0 Å². The van der Waals surface area contributed by atoms with Crippen LogP contribution in [0, 0.1) is 6.92 Å². The molecule has 3 amide bonds. The van der Waals surface area contributed by atoms with E-state index in [1.165, 1.54) is 4.90 Å². The van der Waals surface area contributed by atoms with Gasteiger partial charge in [-0.05, 0) is 44.5 Å². The van der Waals surface area contributed by atoms with Crippen LogP contribution >= 0.6 is 0 Å². The summed E-state index contributed by atoms with van der Waals surface area (Å²) in [5.41, 5.74) is 6.43. The molecule has 0 unspecified atom stereocenters. The van der Waals surface area contributed by atoms with Crippen molar-refractivity contribution >= 4 is 23.4 Å². The molecule has 0 aliphatic carbocycles. The van der Waals surface area contributed by atoms with Crippen molar-refractivity contribution in [1.29, 1.82) is 0 Å². The van der Waals surface area contributed by atoms with Gasteiger partial charge in [-0.25, -0.2) is 0 Å². The van der Waals surface area contributed by atoms with E-state index in [1.54, 1.807) is 39.0 Å². The number of nitrogens with two attached hydrogens (primary N) is 1. The van der Waals surface area contributed by atoms with E-state index in [-0.39, 0.29) is 12.5 Å². The minimum atomic E-state index is -1.07. The van der Waals surface area contributed by atoms with Crippen LogP contribution in [0.4, 0.5) is 5.69 Å². The van der Waals surface area contributed by atoms with Gasteiger partial charge in [0, 0.05) is 11.3 Å². The van der Waals surface area contributed by atoms with Crippen molar-refractivity contribution in [1.82, 2.24) is 10.2 Å². The van der Waals surface area contributed by atoms with Crippen molar-refractivity contribution < 1.29 is 14.4 Å². The Bertz CT molecular complexity index is 608. The van der Waals surface area contributed by atoms with Crippen LogP contribution in [0.5, 0.6) is 0 Å². The van der Waals surface area contributed by atoms with Gasteiger partial charge in [-0.1, -0.05) is 0 Å². The molecule has 1 aromatic carbocycles. The van der Waals surface area contributed by atoms with Gasteiger partial charge in [0.25, 0.3) is 11.8 Å². The normalized spacial score (nSPS) is 17.9. The lowest BCUT2D eigenvalue weighted by Gasteiger charge is -2.40. The first kappa shape index (κ1) is 14.0. The Morgan fingerprint density at radius 3 is 2.60 bits per heavy atom. The van der Waals surface area contributed by atoms with E-state index >= 15 is 0 Å². The molecular formula is C14H17N3O3. The average molecular weight is 275 g/mol. The molecule has 1 aliphatic heterocycles. The predicted octanol–water partition coefficient (Wildman–Crippen LogP) is 0.454. The molecular weight excluding hydrogens is 258 g/mol. The largest absolute Gasteiger partial charge is 0.399 e. The monoisotopic (exact) mass is 275 g/mol. The number of rotatable bonds is 1. The number of nitrogens with one attached hydrogen (secondary N) is 1. The van der Waals surface area contributed by atoms with Crippen molar-refractivity contribution in [3.8, 4) is 0 Å². The van der Waals surface area contributed by atoms with Gasteiger partial charge in [-0.2, -0.15) is 0 Å². The summed E-state index contributed by atoms with van der Waals surface area (Å²) in [6, 6.07) is 4.89. The highest BCUT2D eigenvalue weighted by molar-refractivity contribution is 6.08. The number of benzene rings is 1. The van der Waals surface area contributed by atoms with Crippen molar-refractivity contribution in [3.05, 3.63) is 29.3 Å². The molecule has 2 rings (SSSR count). The fraction of sp³-hybridized carbons (Fsp3) is 0.357. The van der Waals surface area contributed by atoms with Crippen molar-refractivity contribution in [2.75, 3.05) is 12.3 Å². The van der Waals surface area contributed by atoms with E-state index in [1.807, 2.05) is 0 Å². The molecule has 0 spiro atoms. The molecule has 6 nitrogen and oxygen atoms in total. The second-order valence-corrected chi connectivity index (χ2v) is 5.40. The van der Waals surface area contributed by atoms with E-state index in [2.05, 4.69) is 5.32 Å². The number of carbonyl (C=O) groups is 3. The first-order valence-electron chi connectivity index (χ1n) is 6.26. The minimum Gasteiger partial charge on any atom is -0.399 e. The fourth-order valence-corrected chi connectivity index (χ4v) is 2.07. The Kier molecular flexibility index (Phi) is 3.25. The number of nitrogens with zero attached hydrogens (tertiary/aromatic N) is 1. The van der Waals surface area contributed by atoms with Crippen LogP contribution in [0.2, 0.25) is 0 Å². The van der Waals surface area contributed by atoms with E-state index in [0.29, 0.717) is 11.3 Å². The highest BCUT2D eigenvalue weighted by Gasteiger charge is 2.43. The molecule has 106 valence electrons. The van der Waals surface area contributed by atoms with Crippen LogP contribution in [-0.4, -0.2) is 34.7 Å². The Hall–Kier alpha value is -2.37. The number of nitrogen functional groups attached to an aromatic ring is 1. The lowest BCUT2D eigenvalue weighted by Crippen LogP contribution is -2.65. The Morgan fingerprint density at radius 1 is 1.35 bits per heavy atom. The van der Waals surface area contributed by atoms with Gasteiger partial charge in [0.2, 0.25) is 5.91 Å². The summed E-state index contributed by atoms with van der Waals surface area (Å²) in [5.74, 6) is -1.31. The fourth-order valence-electron chi connectivity index (χ4n) is 2.07. The number of hydrogen-bond donors (Lipinski definition) is 2. The molecule has 1 heterocycles. The van der Waals surface area contributed by atoms with Crippen LogP contribution in [0.15, 0.2) is 18.2 Å². The number of hydrogen-bond acceptors (Lipinski definition) is 4. The number of imide groups is 1. The van der Waals surface area contributed by atoms with Gasteiger partial charge < -0.3 is 10.6 Å². The molecule has 3 N–H and O–H groups in total. The van der Waals surface area contributed by atoms with Crippen LogP contribution in [-0.2, 0) is 9.59 Å². The summed E-state index contributed by atoms with van der Waals surface area (Å²) in [6.45, 7) is 4.87. The molecule has 0 saturated carbocycles. The third-order valence-corrected chi connectivity index (χ3v) is 3.55. The molecule has 20 heavy (non-hydrogen) atoms. The smallest absolute Gasteiger partial charge is 0.255 e. The molecule has 6 heteroatoms. The Balaban J connectivity index is 2.38. The number of piperazine rings is 1. The predicted molar refractivity (Wildman–Crippen MR) is 73.9 cm³/mol. The van der Waals surface area contributed by atoms with Crippen LogP contribution in [0.3, 0.4) is 0 Å². The summed E-state index contributed by atoms with van der Waals surface area (Å²) in [4.78, 5) is 37.1. The zero-order valence-corrected chi connectivity index (χ0v) is 11.7. The highest BCUT2D eigenvalue weighted by atomic mass is 16.2. The second-order valence-electron chi connectivity index (χ2n) is 5.40. The third kappa shape index (κ3) is 2.24. The first-order chi connectivity index (χ1) is 9.23. The van der Waals surface area contributed by atoms with E-state index in [9.17, 15) is 14.4 Å². The summed E-state index contributed by atoms with van der Waals surface area (Å²) < 4.78 is 0. The summed E-state index contributed by atoms with van der Waals surface area (Å²) in [5, 5.41) is 2.23. The lowest BCUT2D eigenvalue weighted by atomic mass is 9.97. The number of anilines is 1. The molecule has 1 aliphatic rings. The molecule has 0 aromatic heterocycles. The average Bonchev–Trinajstić information content (AvgIpc) is 2.36. The van der Waals surface area contributed by atoms with Gasteiger partial charge in [0.15, 0.2) is 0 Å². The van der Waals surface area contributed by atoms with Crippen LogP contribution in [0.25, 0.3) is 0 Å². The lowest BCUT2D eigenvalue weighted by molar-refractivity contribution is -0.143. The molecule has 1 saturated heterocycles. The maximum atomic E-state index is 12.5.